The highest BCUT2D eigenvalue weighted by atomic mass is 32.2. The number of thiazole rings is 1. The van der Waals surface area contributed by atoms with Gasteiger partial charge in [-0.25, -0.2) is 4.90 Å². The molecule has 1 saturated heterocycles. The number of methoxy groups -OCH3 is 1. The van der Waals surface area contributed by atoms with Gasteiger partial charge in [0.15, 0.2) is 18.1 Å². The highest BCUT2D eigenvalue weighted by Crippen LogP contribution is 2.54. The first-order valence-corrected chi connectivity index (χ1v) is 15.0. The normalized spacial score (nSPS) is 19.2. The zero-order valence-corrected chi connectivity index (χ0v) is 24.7. The van der Waals surface area contributed by atoms with Gasteiger partial charge in [0.1, 0.15) is 11.0 Å². The summed E-state index contributed by atoms with van der Waals surface area (Å²) < 4.78 is 52.8. The number of carbonyl (C=O) groups is 3. The Morgan fingerprint density at radius 2 is 1.76 bits per heavy atom. The molecule has 0 spiro atoms. The van der Waals surface area contributed by atoms with Crippen molar-refractivity contribution in [3.8, 4) is 17.2 Å². The summed E-state index contributed by atoms with van der Waals surface area (Å²) in [6.07, 6.45) is -4.81. The molecular formula is C30H22F3N3O7S2. The summed E-state index contributed by atoms with van der Waals surface area (Å²) in [5, 5.41) is 11.3. The number of anilines is 2. The predicted octanol–water partition coefficient (Wildman–Crippen LogP) is 4.98. The van der Waals surface area contributed by atoms with E-state index in [1.807, 2.05) is 0 Å². The second-order valence-electron chi connectivity index (χ2n) is 10.1. The number of thioether (sulfide) groups is 1. The van der Waals surface area contributed by atoms with Crippen LogP contribution in [0.4, 0.5) is 24.5 Å². The van der Waals surface area contributed by atoms with Gasteiger partial charge in [-0.3, -0.25) is 19.2 Å². The molecule has 45 heavy (non-hydrogen) atoms. The molecule has 2 aliphatic rings. The number of benzene rings is 3. The van der Waals surface area contributed by atoms with Crippen molar-refractivity contribution in [2.24, 2.45) is 5.92 Å². The lowest BCUT2D eigenvalue weighted by atomic mass is 9.83. The van der Waals surface area contributed by atoms with Crippen LogP contribution in [0.1, 0.15) is 21.9 Å². The molecule has 1 fully saturated rings. The number of phenols is 1. The number of ether oxygens (including phenoxy) is 2. The number of imide groups is 1. The first-order chi connectivity index (χ1) is 21.5. The summed E-state index contributed by atoms with van der Waals surface area (Å²) in [5.41, 5.74) is -0.783. The van der Waals surface area contributed by atoms with Crippen LogP contribution < -0.4 is 24.6 Å². The maximum atomic E-state index is 13.9. The number of hydrogen-bond acceptors (Lipinski definition) is 9. The Morgan fingerprint density at radius 1 is 1.02 bits per heavy atom. The summed E-state index contributed by atoms with van der Waals surface area (Å²) in [4.78, 5) is 55.7. The molecular weight excluding hydrogens is 635 g/mol. The van der Waals surface area contributed by atoms with Crippen LogP contribution in [-0.2, 0) is 20.6 Å². The molecule has 3 heterocycles. The van der Waals surface area contributed by atoms with Crippen molar-refractivity contribution >= 4 is 52.2 Å². The van der Waals surface area contributed by atoms with Gasteiger partial charge in [0.2, 0.25) is 11.8 Å². The van der Waals surface area contributed by atoms with Gasteiger partial charge in [-0.05, 0) is 54.1 Å². The quantitative estimate of drug-likeness (QED) is 0.187. The monoisotopic (exact) mass is 657 g/mol. The lowest BCUT2D eigenvalue weighted by Crippen LogP contribution is -2.33. The topological polar surface area (TPSA) is 138 Å². The lowest BCUT2D eigenvalue weighted by Gasteiger charge is -2.30. The molecule has 0 aliphatic carbocycles. The molecule has 0 radical (unpaired) electrons. The molecule has 0 saturated carbocycles. The van der Waals surface area contributed by atoms with Gasteiger partial charge >= 0.3 is 11.0 Å². The van der Waals surface area contributed by atoms with E-state index in [2.05, 4.69) is 10.3 Å². The number of H-pyrrole nitrogens is 1. The third-order valence-electron chi connectivity index (χ3n) is 7.33. The minimum Gasteiger partial charge on any atom is -0.508 e. The molecule has 3 amide bonds. The maximum absolute atomic E-state index is 13.9. The number of alkyl halides is 3. The number of fused-ring (bicyclic) bond motifs is 2. The number of aromatic nitrogens is 1. The molecule has 3 N–H and O–H groups in total. The van der Waals surface area contributed by atoms with Crippen molar-refractivity contribution in [3.05, 3.63) is 92.4 Å². The molecule has 232 valence electrons. The van der Waals surface area contributed by atoms with E-state index in [0.29, 0.717) is 26.1 Å². The molecule has 1 aromatic heterocycles. The van der Waals surface area contributed by atoms with Gasteiger partial charge in [0.25, 0.3) is 5.91 Å². The molecule has 10 nitrogen and oxygen atoms in total. The lowest BCUT2D eigenvalue weighted by molar-refractivity contribution is -0.137. The van der Waals surface area contributed by atoms with Crippen LogP contribution >= 0.6 is 23.1 Å². The third kappa shape index (κ3) is 5.64. The average molecular weight is 658 g/mol. The van der Waals surface area contributed by atoms with Crippen LogP contribution in [0.3, 0.4) is 0 Å². The van der Waals surface area contributed by atoms with Crippen LogP contribution in [0.15, 0.2) is 76.6 Å². The zero-order chi connectivity index (χ0) is 32.0. The number of carbonyl (C=O) groups excluding carboxylic acids is 3. The Labute approximate surface area is 260 Å². The molecule has 3 aromatic carbocycles. The fraction of sp³-hybridized carbons (Fsp3) is 0.200. The van der Waals surface area contributed by atoms with E-state index in [9.17, 15) is 37.5 Å². The first-order valence-electron chi connectivity index (χ1n) is 13.3. The summed E-state index contributed by atoms with van der Waals surface area (Å²) in [6, 6.07) is 14.9. The van der Waals surface area contributed by atoms with Crippen molar-refractivity contribution in [2.45, 2.75) is 22.4 Å². The van der Waals surface area contributed by atoms with Crippen LogP contribution in [0.2, 0.25) is 0 Å². The Kier molecular flexibility index (Phi) is 7.82. The SMILES string of the molecule is COc1cc(C2c3sc(=O)[nH]c3SC3C(=O)N(c4ccccc4C(F)(F)F)C(=O)C32)ccc1OCC(=O)Nc1ccc(O)cc1. The maximum Gasteiger partial charge on any atom is 0.418 e. The Bertz CT molecular complexity index is 1870. The van der Waals surface area contributed by atoms with Crippen molar-refractivity contribution in [3.63, 3.8) is 0 Å². The Morgan fingerprint density at radius 3 is 2.47 bits per heavy atom. The van der Waals surface area contributed by atoms with Crippen LogP contribution in [0.5, 0.6) is 17.2 Å². The second kappa shape index (κ2) is 11.6. The second-order valence-corrected chi connectivity index (χ2v) is 12.2. The number of nitrogens with one attached hydrogen (secondary N) is 2. The van der Waals surface area contributed by atoms with Gasteiger partial charge in [-0.1, -0.05) is 41.3 Å². The largest absolute Gasteiger partial charge is 0.508 e. The summed E-state index contributed by atoms with van der Waals surface area (Å²) in [6.45, 7) is -0.397. The highest BCUT2D eigenvalue weighted by Gasteiger charge is 2.57. The summed E-state index contributed by atoms with van der Waals surface area (Å²) in [5.74, 6) is -3.74. The van der Waals surface area contributed by atoms with Crippen LogP contribution in [-0.4, -0.2) is 46.8 Å². The van der Waals surface area contributed by atoms with E-state index in [4.69, 9.17) is 9.47 Å². The van der Waals surface area contributed by atoms with Crippen LogP contribution in [0, 0.1) is 5.92 Å². The number of halogens is 3. The number of hydrogen-bond donors (Lipinski definition) is 3. The number of rotatable bonds is 7. The zero-order valence-electron chi connectivity index (χ0n) is 23.1. The van der Waals surface area contributed by atoms with Gasteiger partial charge in [0.05, 0.1) is 29.3 Å². The Balaban J connectivity index is 1.32. The van der Waals surface area contributed by atoms with Crippen molar-refractivity contribution in [1.29, 1.82) is 0 Å². The molecule has 3 atom stereocenters. The smallest absolute Gasteiger partial charge is 0.418 e. The molecule has 15 heteroatoms. The van der Waals surface area contributed by atoms with Crippen molar-refractivity contribution < 1.29 is 42.1 Å². The van der Waals surface area contributed by atoms with E-state index in [-0.39, 0.29) is 17.2 Å². The van der Waals surface area contributed by atoms with E-state index in [0.717, 1.165) is 35.2 Å². The molecule has 0 bridgehead atoms. The molecule has 6 rings (SSSR count). The van der Waals surface area contributed by atoms with E-state index in [1.165, 1.54) is 49.6 Å². The minimum atomic E-state index is -4.81. The van der Waals surface area contributed by atoms with Gasteiger partial charge < -0.3 is 24.9 Å². The van der Waals surface area contributed by atoms with E-state index >= 15 is 0 Å². The number of para-hydroxylation sites is 1. The first kappa shape index (κ1) is 30.3. The number of aromatic amines is 1. The predicted molar refractivity (Wildman–Crippen MR) is 159 cm³/mol. The van der Waals surface area contributed by atoms with E-state index < -0.39 is 63.7 Å². The van der Waals surface area contributed by atoms with Gasteiger partial charge in [-0.15, -0.1) is 0 Å². The molecule has 2 aliphatic heterocycles. The standard InChI is InChI=1S/C30H22F3N3O7S2/c1-42-20-12-14(6-11-19(20)43-13-21(38)34-15-7-9-16(37)10-8-15)22-23-25(44-26-24(22)45-29(41)35-26)28(40)36(27(23)39)18-5-3-2-4-17(18)30(31,32)33/h2-12,22-23,25,37H,13H2,1H3,(H,34,38)(H,35,41). The summed E-state index contributed by atoms with van der Waals surface area (Å²) >= 11 is 1.79. The molecule has 4 aromatic rings. The van der Waals surface area contributed by atoms with Crippen molar-refractivity contribution in [1.82, 2.24) is 4.98 Å². The number of phenolic OH excluding ortho intramolecular Hbond substituents is 1. The van der Waals surface area contributed by atoms with E-state index in [1.54, 1.807) is 12.1 Å². The van der Waals surface area contributed by atoms with Gasteiger partial charge in [-0.2, -0.15) is 13.2 Å². The Hall–Kier alpha value is -4.76. The van der Waals surface area contributed by atoms with Gasteiger partial charge in [0, 0.05) is 16.5 Å². The fourth-order valence-corrected chi connectivity index (χ4v) is 7.92. The van der Waals surface area contributed by atoms with Crippen molar-refractivity contribution in [2.75, 3.05) is 23.9 Å². The molecule has 3 unspecified atom stereocenters. The number of aromatic hydroxyl groups is 1. The van der Waals surface area contributed by atoms with Crippen LogP contribution in [0.25, 0.3) is 0 Å². The number of nitrogens with zero attached hydrogens (tertiary/aromatic N) is 1. The minimum absolute atomic E-state index is 0.0403. The highest BCUT2D eigenvalue weighted by molar-refractivity contribution is 8.00. The number of amides is 3. The summed E-state index contributed by atoms with van der Waals surface area (Å²) in [7, 11) is 1.36. The third-order valence-corrected chi connectivity index (χ3v) is 9.73. The fourth-order valence-electron chi connectivity index (χ4n) is 5.40. The average Bonchev–Trinajstić information content (AvgIpc) is 3.50.